The van der Waals surface area contributed by atoms with Gasteiger partial charge in [-0.05, 0) is 48.6 Å². The van der Waals surface area contributed by atoms with Gasteiger partial charge < -0.3 is 15.2 Å². The average molecular weight is 396 g/mol. The predicted molar refractivity (Wildman–Crippen MR) is 111 cm³/mol. The van der Waals surface area contributed by atoms with Crippen molar-refractivity contribution < 1.29 is 19.4 Å². The van der Waals surface area contributed by atoms with Gasteiger partial charge in [0.15, 0.2) is 0 Å². The number of nitrogens with one attached hydrogen (secondary N) is 1. The summed E-state index contributed by atoms with van der Waals surface area (Å²) < 4.78 is 5.58. The van der Waals surface area contributed by atoms with Crippen LogP contribution in [0.5, 0.6) is 5.75 Å². The highest BCUT2D eigenvalue weighted by atomic mass is 16.5. The third-order valence-corrected chi connectivity index (χ3v) is 5.25. The molecule has 29 heavy (non-hydrogen) atoms. The first-order valence-corrected chi connectivity index (χ1v) is 9.83. The molecule has 0 bridgehead atoms. The molecule has 154 valence electrons. The number of hydrogen-bond acceptors (Lipinski definition) is 4. The fraction of sp³-hybridized carbons (Fsp3) is 0.391. The minimum Gasteiger partial charge on any atom is -0.491 e. The first kappa shape index (κ1) is 20.9. The van der Waals surface area contributed by atoms with E-state index in [0.717, 1.165) is 16.0 Å². The van der Waals surface area contributed by atoms with Gasteiger partial charge in [-0.15, -0.1) is 0 Å². The maximum absolute atomic E-state index is 13.0. The third kappa shape index (κ3) is 4.43. The first-order valence-electron chi connectivity index (χ1n) is 9.83. The lowest BCUT2D eigenvalue weighted by atomic mass is 9.90. The summed E-state index contributed by atoms with van der Waals surface area (Å²) in [6.45, 7) is 7.69. The number of amides is 3. The number of urea groups is 1. The Labute approximate surface area is 171 Å². The van der Waals surface area contributed by atoms with Crippen LogP contribution in [0.25, 0.3) is 0 Å². The molecule has 0 spiro atoms. The number of benzene rings is 2. The molecule has 1 aliphatic heterocycles. The molecule has 0 saturated carbocycles. The number of aliphatic hydroxyl groups excluding tert-OH is 1. The molecule has 0 radical (unpaired) electrons. The van der Waals surface area contributed by atoms with Crippen molar-refractivity contribution in [1.29, 1.82) is 0 Å². The van der Waals surface area contributed by atoms with E-state index in [1.807, 2.05) is 49.4 Å². The highest BCUT2D eigenvalue weighted by Crippen LogP contribution is 2.30. The Morgan fingerprint density at radius 2 is 1.83 bits per heavy atom. The molecular formula is C23H28N2O4. The molecule has 3 rings (SSSR count). The van der Waals surface area contributed by atoms with Crippen LogP contribution in [0.15, 0.2) is 48.5 Å². The van der Waals surface area contributed by atoms with Crippen LogP contribution in [-0.4, -0.2) is 41.2 Å². The van der Waals surface area contributed by atoms with Crippen LogP contribution in [0.1, 0.15) is 43.4 Å². The average Bonchev–Trinajstić information content (AvgIpc) is 2.90. The second-order valence-electron chi connectivity index (χ2n) is 8.03. The monoisotopic (exact) mass is 396 g/mol. The highest BCUT2D eigenvalue weighted by Gasteiger charge is 2.49. The lowest BCUT2D eigenvalue weighted by Gasteiger charge is -2.23. The number of hydrogen-bond donors (Lipinski definition) is 2. The second-order valence-corrected chi connectivity index (χ2v) is 8.03. The van der Waals surface area contributed by atoms with Crippen molar-refractivity contribution in [1.82, 2.24) is 10.2 Å². The Kier molecular flexibility index (Phi) is 5.94. The van der Waals surface area contributed by atoms with Gasteiger partial charge in [0.1, 0.15) is 24.0 Å². The topological polar surface area (TPSA) is 78.9 Å². The molecule has 2 atom stereocenters. The maximum Gasteiger partial charge on any atom is 0.325 e. The fourth-order valence-corrected chi connectivity index (χ4v) is 3.42. The van der Waals surface area contributed by atoms with Crippen LogP contribution < -0.4 is 10.1 Å². The summed E-state index contributed by atoms with van der Waals surface area (Å²) >= 11 is 0. The molecule has 0 aliphatic carbocycles. The highest BCUT2D eigenvalue weighted by molar-refractivity contribution is 6.07. The van der Waals surface area contributed by atoms with E-state index < -0.39 is 17.7 Å². The van der Waals surface area contributed by atoms with E-state index >= 15 is 0 Å². The third-order valence-electron chi connectivity index (χ3n) is 5.25. The minimum atomic E-state index is -1.15. The predicted octanol–water partition coefficient (Wildman–Crippen LogP) is 3.33. The van der Waals surface area contributed by atoms with Crippen LogP contribution in [0.4, 0.5) is 4.79 Å². The van der Waals surface area contributed by atoms with Crippen LogP contribution >= 0.6 is 0 Å². The van der Waals surface area contributed by atoms with Crippen LogP contribution in [-0.2, 0) is 10.3 Å². The number of ether oxygens (including phenoxy) is 1. The van der Waals surface area contributed by atoms with Crippen molar-refractivity contribution >= 4 is 11.9 Å². The Bertz CT molecular complexity index is 894. The van der Waals surface area contributed by atoms with Gasteiger partial charge in [0.2, 0.25) is 0 Å². The van der Waals surface area contributed by atoms with E-state index in [4.69, 9.17) is 4.74 Å². The molecule has 0 unspecified atom stereocenters. The van der Waals surface area contributed by atoms with Crippen molar-refractivity contribution in [3.8, 4) is 5.75 Å². The van der Waals surface area contributed by atoms with Crippen LogP contribution in [0, 0.1) is 6.92 Å². The molecule has 3 amide bonds. The summed E-state index contributed by atoms with van der Waals surface area (Å²) in [6, 6.07) is 14.6. The largest absolute Gasteiger partial charge is 0.491 e. The van der Waals surface area contributed by atoms with Crippen molar-refractivity contribution in [3.63, 3.8) is 0 Å². The second kappa shape index (κ2) is 8.25. The standard InChI is InChI=1S/C23H28N2O4/c1-15(2)17-8-10-18(11-9-17)23(4)21(27)25(22(28)24-23)13-19(26)14-29-20-7-5-6-16(3)12-20/h5-12,15,19,26H,13-14H2,1-4H3,(H,24,28)/t19-,23+/m1/s1. The Balaban J connectivity index is 1.66. The normalized spacial score (nSPS) is 20.1. The number of carbonyl (C=O) groups is 2. The SMILES string of the molecule is Cc1cccc(OC[C@H](O)CN2C(=O)N[C@@](C)(c3ccc(C(C)C)cc3)C2=O)c1. The van der Waals surface area contributed by atoms with E-state index in [2.05, 4.69) is 19.2 Å². The molecule has 6 nitrogen and oxygen atoms in total. The van der Waals surface area contributed by atoms with E-state index in [9.17, 15) is 14.7 Å². The van der Waals surface area contributed by atoms with Crippen LogP contribution in [0.2, 0.25) is 0 Å². The summed E-state index contributed by atoms with van der Waals surface area (Å²) in [4.78, 5) is 26.5. The van der Waals surface area contributed by atoms with Gasteiger partial charge in [-0.25, -0.2) is 4.79 Å². The lowest BCUT2D eigenvalue weighted by Crippen LogP contribution is -2.42. The maximum atomic E-state index is 13.0. The molecule has 2 N–H and O–H groups in total. The van der Waals surface area contributed by atoms with Gasteiger partial charge >= 0.3 is 6.03 Å². The molecule has 1 aliphatic rings. The molecular weight excluding hydrogens is 368 g/mol. The van der Waals surface area contributed by atoms with Crippen molar-refractivity contribution in [2.45, 2.75) is 45.3 Å². The van der Waals surface area contributed by atoms with E-state index in [0.29, 0.717) is 17.2 Å². The summed E-state index contributed by atoms with van der Waals surface area (Å²) in [5.41, 5.74) is 1.78. The molecule has 2 aromatic rings. The Hall–Kier alpha value is -2.86. The summed E-state index contributed by atoms with van der Waals surface area (Å²) in [6.07, 6.45) is -0.990. The van der Waals surface area contributed by atoms with E-state index in [-0.39, 0.29) is 19.1 Å². The first-order chi connectivity index (χ1) is 13.7. The van der Waals surface area contributed by atoms with Gasteiger partial charge in [-0.2, -0.15) is 0 Å². The van der Waals surface area contributed by atoms with E-state index in [1.54, 1.807) is 13.0 Å². The number of nitrogens with zero attached hydrogens (tertiary/aromatic N) is 1. The smallest absolute Gasteiger partial charge is 0.325 e. The van der Waals surface area contributed by atoms with Crippen LogP contribution in [0.3, 0.4) is 0 Å². The van der Waals surface area contributed by atoms with Crippen molar-refractivity contribution in [2.75, 3.05) is 13.2 Å². The molecule has 1 heterocycles. The molecule has 0 aromatic heterocycles. The number of imide groups is 1. The number of carbonyl (C=O) groups excluding carboxylic acids is 2. The number of rotatable bonds is 7. The zero-order valence-corrected chi connectivity index (χ0v) is 17.3. The number of aliphatic hydroxyl groups is 1. The van der Waals surface area contributed by atoms with Gasteiger partial charge in [-0.3, -0.25) is 9.69 Å². The van der Waals surface area contributed by atoms with Crippen molar-refractivity contribution in [3.05, 3.63) is 65.2 Å². The fourth-order valence-electron chi connectivity index (χ4n) is 3.42. The zero-order valence-electron chi connectivity index (χ0n) is 17.3. The number of aryl methyl sites for hydroxylation is 1. The molecule has 6 heteroatoms. The minimum absolute atomic E-state index is 0.0136. The Morgan fingerprint density at radius 1 is 1.14 bits per heavy atom. The molecule has 2 aromatic carbocycles. The molecule has 1 fully saturated rings. The van der Waals surface area contributed by atoms with Gasteiger partial charge in [0, 0.05) is 0 Å². The summed E-state index contributed by atoms with van der Waals surface area (Å²) in [7, 11) is 0. The lowest BCUT2D eigenvalue weighted by molar-refractivity contribution is -0.132. The quantitative estimate of drug-likeness (QED) is 0.704. The van der Waals surface area contributed by atoms with Gasteiger partial charge in [0.25, 0.3) is 5.91 Å². The zero-order chi connectivity index (χ0) is 21.2. The summed E-state index contributed by atoms with van der Waals surface area (Å²) in [5.74, 6) is 0.636. The Morgan fingerprint density at radius 3 is 2.45 bits per heavy atom. The number of β-amino-alcohol motifs (C(OH)–C–C–N with tert-alkyl or cyclic N) is 1. The van der Waals surface area contributed by atoms with E-state index in [1.165, 1.54) is 0 Å². The van der Waals surface area contributed by atoms with Gasteiger partial charge in [0.05, 0.1) is 6.54 Å². The van der Waals surface area contributed by atoms with Gasteiger partial charge in [-0.1, -0.05) is 50.2 Å². The van der Waals surface area contributed by atoms with Crippen molar-refractivity contribution in [2.24, 2.45) is 0 Å². The summed E-state index contributed by atoms with van der Waals surface area (Å²) in [5, 5.41) is 13.1. The molecule has 1 saturated heterocycles.